The van der Waals surface area contributed by atoms with E-state index in [0.717, 1.165) is 16.9 Å². The van der Waals surface area contributed by atoms with E-state index in [2.05, 4.69) is 5.32 Å². The van der Waals surface area contributed by atoms with Crippen LogP contribution in [0, 0.1) is 5.92 Å². The summed E-state index contributed by atoms with van der Waals surface area (Å²) in [4.78, 5) is 13.0. The fourth-order valence-corrected chi connectivity index (χ4v) is 4.93. The van der Waals surface area contributed by atoms with Crippen LogP contribution in [0.5, 0.6) is 0 Å². The third-order valence-corrected chi connectivity index (χ3v) is 7.50. The summed E-state index contributed by atoms with van der Waals surface area (Å²) in [5.74, 6) is 0.342. The summed E-state index contributed by atoms with van der Waals surface area (Å²) in [6.07, 6.45) is 1.02. The maximum atomic E-state index is 13.0. The molecule has 8 heteroatoms. The fourth-order valence-electron chi connectivity index (χ4n) is 3.79. The Bertz CT molecular complexity index is 1140. The van der Waals surface area contributed by atoms with Crippen LogP contribution in [0.25, 0.3) is 16.9 Å². The van der Waals surface area contributed by atoms with Crippen molar-refractivity contribution in [1.29, 1.82) is 0 Å². The van der Waals surface area contributed by atoms with Crippen LogP contribution in [0.1, 0.15) is 19.8 Å². The number of sulfonamides is 1. The highest BCUT2D eigenvalue weighted by Gasteiger charge is 2.30. The monoisotopic (exact) mass is 438 g/mol. The molecule has 3 aromatic rings. The average molecular weight is 439 g/mol. The van der Waals surface area contributed by atoms with Crippen molar-refractivity contribution >= 4 is 21.7 Å². The van der Waals surface area contributed by atoms with Gasteiger partial charge in [-0.1, -0.05) is 48.5 Å². The maximum absolute atomic E-state index is 13.0. The van der Waals surface area contributed by atoms with Crippen LogP contribution >= 0.6 is 0 Å². The zero-order valence-electron chi connectivity index (χ0n) is 17.4. The van der Waals surface area contributed by atoms with Gasteiger partial charge in [0.1, 0.15) is 5.82 Å². The maximum Gasteiger partial charge on any atom is 0.228 e. The number of rotatable bonds is 6. The van der Waals surface area contributed by atoms with Crippen LogP contribution in [-0.4, -0.2) is 47.3 Å². The predicted octanol–water partition coefficient (Wildman–Crippen LogP) is 3.54. The van der Waals surface area contributed by atoms with Gasteiger partial charge in [0.05, 0.1) is 17.1 Å². The number of anilines is 1. The van der Waals surface area contributed by atoms with Gasteiger partial charge in [-0.05, 0) is 31.9 Å². The molecule has 1 amide bonds. The normalized spacial score (nSPS) is 15.6. The highest BCUT2D eigenvalue weighted by Crippen LogP contribution is 2.27. The highest BCUT2D eigenvalue weighted by molar-refractivity contribution is 7.89. The molecule has 2 aromatic carbocycles. The fraction of sp³-hybridized carbons (Fsp3) is 0.304. The number of hydrogen-bond donors (Lipinski definition) is 1. The molecule has 0 bridgehead atoms. The highest BCUT2D eigenvalue weighted by atomic mass is 32.2. The van der Waals surface area contributed by atoms with Crippen LogP contribution < -0.4 is 5.32 Å². The van der Waals surface area contributed by atoms with Gasteiger partial charge in [0.25, 0.3) is 0 Å². The van der Waals surface area contributed by atoms with Crippen molar-refractivity contribution in [3.05, 3.63) is 66.7 Å². The molecule has 1 aliphatic heterocycles. The molecule has 1 aromatic heterocycles. The Hall–Kier alpha value is -2.97. The van der Waals surface area contributed by atoms with E-state index in [0.29, 0.717) is 31.7 Å². The first-order valence-corrected chi connectivity index (χ1v) is 12.1. The number of carbonyl (C=O) groups is 1. The Balaban J connectivity index is 1.55. The molecule has 0 radical (unpaired) electrons. The molecular formula is C23H26N4O3S. The SMILES string of the molecule is CCS(=O)(=O)N1CCC(C(=O)Nc2cc(-c3ccccc3)nn2-c2ccccc2)CC1. The average Bonchev–Trinajstić information content (AvgIpc) is 3.24. The van der Waals surface area contributed by atoms with Crippen molar-refractivity contribution in [3.63, 3.8) is 0 Å². The smallest absolute Gasteiger partial charge is 0.228 e. The summed E-state index contributed by atoms with van der Waals surface area (Å²) >= 11 is 0. The van der Waals surface area contributed by atoms with Gasteiger partial charge >= 0.3 is 0 Å². The minimum atomic E-state index is -3.21. The summed E-state index contributed by atoms with van der Waals surface area (Å²) in [6.45, 7) is 2.39. The van der Waals surface area contributed by atoms with Gasteiger partial charge < -0.3 is 5.32 Å². The van der Waals surface area contributed by atoms with Crippen LogP contribution in [0.4, 0.5) is 5.82 Å². The number of amides is 1. The lowest BCUT2D eigenvalue weighted by atomic mass is 9.97. The molecule has 0 unspecified atom stereocenters. The van der Waals surface area contributed by atoms with Gasteiger partial charge in [-0.3, -0.25) is 4.79 Å². The summed E-state index contributed by atoms with van der Waals surface area (Å²) in [5.41, 5.74) is 2.58. The van der Waals surface area contributed by atoms with E-state index in [1.165, 1.54) is 4.31 Å². The number of nitrogens with one attached hydrogen (secondary N) is 1. The molecule has 1 N–H and O–H groups in total. The molecule has 0 spiro atoms. The molecule has 0 aliphatic carbocycles. The largest absolute Gasteiger partial charge is 0.310 e. The number of piperidine rings is 1. The number of hydrogen-bond acceptors (Lipinski definition) is 4. The van der Waals surface area contributed by atoms with Gasteiger partial charge in [-0.2, -0.15) is 5.10 Å². The molecule has 2 heterocycles. The van der Waals surface area contributed by atoms with Crippen molar-refractivity contribution in [2.24, 2.45) is 5.92 Å². The second-order valence-corrected chi connectivity index (χ2v) is 9.85. The zero-order chi connectivity index (χ0) is 21.8. The van der Waals surface area contributed by atoms with Gasteiger partial charge in [0, 0.05) is 30.6 Å². The third-order valence-electron chi connectivity index (χ3n) is 5.61. The van der Waals surface area contributed by atoms with E-state index >= 15 is 0 Å². The molecule has 7 nitrogen and oxygen atoms in total. The van der Waals surface area contributed by atoms with E-state index in [1.54, 1.807) is 11.6 Å². The van der Waals surface area contributed by atoms with Crippen LogP contribution in [0.3, 0.4) is 0 Å². The van der Waals surface area contributed by atoms with Gasteiger partial charge in [-0.15, -0.1) is 0 Å². The third kappa shape index (κ3) is 4.70. The molecule has 1 fully saturated rings. The van der Waals surface area contributed by atoms with Crippen molar-refractivity contribution < 1.29 is 13.2 Å². The van der Waals surface area contributed by atoms with E-state index in [9.17, 15) is 13.2 Å². The van der Waals surface area contributed by atoms with Crippen molar-refractivity contribution in [2.75, 3.05) is 24.2 Å². The first-order chi connectivity index (χ1) is 15.0. The van der Waals surface area contributed by atoms with Crippen molar-refractivity contribution in [1.82, 2.24) is 14.1 Å². The van der Waals surface area contributed by atoms with Gasteiger partial charge in [0.2, 0.25) is 15.9 Å². The number of nitrogens with zero attached hydrogens (tertiary/aromatic N) is 3. The van der Waals surface area contributed by atoms with Gasteiger partial charge in [0.15, 0.2) is 0 Å². The first-order valence-electron chi connectivity index (χ1n) is 10.5. The minimum absolute atomic E-state index is 0.0857. The number of para-hydroxylation sites is 1. The number of aromatic nitrogens is 2. The molecule has 0 atom stereocenters. The topological polar surface area (TPSA) is 84.3 Å². The van der Waals surface area contributed by atoms with Crippen LogP contribution in [0.2, 0.25) is 0 Å². The standard InChI is InChI=1S/C23H26N4O3S/c1-2-31(29,30)26-15-13-19(14-16-26)23(28)24-22-17-21(18-9-5-3-6-10-18)25-27(22)20-11-7-4-8-12-20/h3-12,17,19H,2,13-16H2,1H3,(H,24,28). The Labute approximate surface area is 182 Å². The predicted molar refractivity (Wildman–Crippen MR) is 121 cm³/mol. The van der Waals surface area contributed by atoms with E-state index in [4.69, 9.17) is 5.10 Å². The molecule has 1 saturated heterocycles. The molecule has 1 aliphatic rings. The lowest BCUT2D eigenvalue weighted by molar-refractivity contribution is -0.120. The minimum Gasteiger partial charge on any atom is -0.310 e. The Morgan fingerprint density at radius 1 is 1.03 bits per heavy atom. The van der Waals surface area contributed by atoms with Crippen LogP contribution in [0.15, 0.2) is 66.7 Å². The molecular weight excluding hydrogens is 412 g/mol. The second-order valence-electron chi connectivity index (χ2n) is 7.59. The molecule has 162 valence electrons. The summed E-state index contributed by atoms with van der Waals surface area (Å²) in [7, 11) is -3.21. The van der Waals surface area contributed by atoms with E-state index in [1.807, 2.05) is 66.7 Å². The lowest BCUT2D eigenvalue weighted by Gasteiger charge is -2.30. The first kappa shape index (κ1) is 21.3. The molecule has 0 saturated carbocycles. The van der Waals surface area contributed by atoms with E-state index in [-0.39, 0.29) is 17.6 Å². The van der Waals surface area contributed by atoms with Crippen molar-refractivity contribution in [3.8, 4) is 16.9 Å². The lowest BCUT2D eigenvalue weighted by Crippen LogP contribution is -2.42. The Morgan fingerprint density at radius 3 is 2.26 bits per heavy atom. The number of carbonyl (C=O) groups excluding carboxylic acids is 1. The van der Waals surface area contributed by atoms with E-state index < -0.39 is 10.0 Å². The summed E-state index contributed by atoms with van der Waals surface area (Å²) in [6, 6.07) is 21.3. The molecule has 4 rings (SSSR count). The Morgan fingerprint density at radius 2 is 1.65 bits per heavy atom. The van der Waals surface area contributed by atoms with Crippen LogP contribution in [-0.2, 0) is 14.8 Å². The second kappa shape index (κ2) is 9.03. The van der Waals surface area contributed by atoms with Crippen molar-refractivity contribution in [2.45, 2.75) is 19.8 Å². The summed E-state index contributed by atoms with van der Waals surface area (Å²) in [5, 5.41) is 7.75. The van der Waals surface area contributed by atoms with Gasteiger partial charge in [-0.25, -0.2) is 17.4 Å². The quantitative estimate of drug-likeness (QED) is 0.638. The number of benzene rings is 2. The summed E-state index contributed by atoms with van der Waals surface area (Å²) < 4.78 is 27.4. The zero-order valence-corrected chi connectivity index (χ0v) is 18.3. The Kier molecular flexibility index (Phi) is 6.20. The molecule has 31 heavy (non-hydrogen) atoms.